The van der Waals surface area contributed by atoms with E-state index in [-0.39, 0.29) is 6.61 Å². The van der Waals surface area contributed by atoms with E-state index in [0.717, 1.165) is 0 Å². The summed E-state index contributed by atoms with van der Waals surface area (Å²) in [5, 5.41) is 8.49. The molecule has 0 aliphatic rings. The first-order valence-electron chi connectivity index (χ1n) is 4.56. The highest BCUT2D eigenvalue weighted by Gasteiger charge is 2.26. The van der Waals surface area contributed by atoms with E-state index in [2.05, 4.69) is 9.72 Å². The van der Waals surface area contributed by atoms with Crippen molar-refractivity contribution >= 4 is 5.97 Å². The maximum atomic E-state index is 13.5. The molecule has 0 saturated heterocycles. The van der Waals surface area contributed by atoms with Crippen LogP contribution in [0.3, 0.4) is 0 Å². The summed E-state index contributed by atoms with van der Waals surface area (Å²) < 4.78 is 43.1. The van der Waals surface area contributed by atoms with E-state index in [4.69, 9.17) is 5.26 Å². The number of nitrogens with zero attached hydrogens (tertiary/aromatic N) is 2. The van der Waals surface area contributed by atoms with Crippen molar-refractivity contribution in [3.63, 3.8) is 0 Å². The summed E-state index contributed by atoms with van der Waals surface area (Å²) in [6.45, 7) is 1.36. The molecule has 1 aromatic heterocycles. The summed E-state index contributed by atoms with van der Waals surface area (Å²) >= 11 is 0. The Morgan fingerprint density at radius 3 is 2.76 bits per heavy atom. The molecular weight excluding hydrogens is 237 g/mol. The van der Waals surface area contributed by atoms with Crippen molar-refractivity contribution in [3.8, 4) is 6.07 Å². The first-order chi connectivity index (χ1) is 8.02. The second-order valence-electron chi connectivity index (χ2n) is 2.88. The smallest absolute Gasteiger partial charge is 0.341 e. The van der Waals surface area contributed by atoms with E-state index >= 15 is 0 Å². The van der Waals surface area contributed by atoms with Crippen molar-refractivity contribution in [1.82, 2.24) is 4.98 Å². The number of alkyl halides is 2. The number of aromatic nitrogens is 1. The number of carbonyl (C=O) groups is 1. The molecule has 0 atom stereocenters. The largest absolute Gasteiger partial charge is 0.462 e. The fourth-order valence-corrected chi connectivity index (χ4v) is 1.15. The molecule has 4 nitrogen and oxygen atoms in total. The number of nitriles is 1. The molecule has 0 saturated carbocycles. The molecule has 90 valence electrons. The molecule has 0 aromatic carbocycles. The molecule has 0 bridgehead atoms. The van der Waals surface area contributed by atoms with Crippen LogP contribution in [0.1, 0.15) is 35.0 Å². The van der Waals surface area contributed by atoms with Crippen molar-refractivity contribution in [2.45, 2.75) is 13.3 Å². The number of hydrogen-bond donors (Lipinski definition) is 0. The summed E-state index contributed by atoms with van der Waals surface area (Å²) in [4.78, 5) is 14.5. The maximum absolute atomic E-state index is 13.5. The van der Waals surface area contributed by atoms with Crippen LogP contribution >= 0.6 is 0 Å². The normalized spacial score (nSPS) is 10.1. The van der Waals surface area contributed by atoms with E-state index in [1.54, 1.807) is 0 Å². The van der Waals surface area contributed by atoms with Crippen molar-refractivity contribution in [3.05, 3.63) is 28.8 Å². The third-order valence-electron chi connectivity index (χ3n) is 1.87. The summed E-state index contributed by atoms with van der Waals surface area (Å²) in [7, 11) is 0. The number of ether oxygens (including phenoxy) is 1. The summed E-state index contributed by atoms with van der Waals surface area (Å²) in [5.41, 5.74) is -2.55. The lowest BCUT2D eigenvalue weighted by Crippen LogP contribution is -2.13. The van der Waals surface area contributed by atoms with Crippen LogP contribution in [0.2, 0.25) is 0 Å². The highest BCUT2D eigenvalue weighted by Crippen LogP contribution is 2.26. The molecule has 0 radical (unpaired) electrons. The zero-order chi connectivity index (χ0) is 13.0. The molecule has 0 amide bonds. The monoisotopic (exact) mass is 244 g/mol. The Balaban J connectivity index is 3.41. The Morgan fingerprint density at radius 1 is 1.65 bits per heavy atom. The van der Waals surface area contributed by atoms with E-state index in [9.17, 15) is 18.0 Å². The molecule has 0 N–H and O–H groups in total. The van der Waals surface area contributed by atoms with Crippen molar-refractivity contribution in [1.29, 1.82) is 5.26 Å². The number of halogens is 3. The van der Waals surface area contributed by atoms with Gasteiger partial charge in [-0.05, 0) is 6.92 Å². The average molecular weight is 244 g/mol. The average Bonchev–Trinajstić information content (AvgIpc) is 2.28. The molecule has 1 aromatic rings. The summed E-state index contributed by atoms with van der Waals surface area (Å²) in [6.07, 6.45) is -2.48. The maximum Gasteiger partial charge on any atom is 0.341 e. The summed E-state index contributed by atoms with van der Waals surface area (Å²) in [5.74, 6) is -2.62. The number of rotatable bonds is 3. The number of pyridine rings is 1. The van der Waals surface area contributed by atoms with Crippen molar-refractivity contribution < 1.29 is 22.7 Å². The lowest BCUT2D eigenvalue weighted by atomic mass is 10.1. The standard InChI is InChI=1S/C10H7F3N2O2/c1-2-17-10(16)7-5(9(12)13)4-15-6(3-14)8(7)11/h4,9H,2H2,1H3. The lowest BCUT2D eigenvalue weighted by molar-refractivity contribution is 0.0508. The lowest BCUT2D eigenvalue weighted by Gasteiger charge is -2.09. The van der Waals surface area contributed by atoms with E-state index in [1.165, 1.54) is 13.0 Å². The quantitative estimate of drug-likeness (QED) is 0.764. The van der Waals surface area contributed by atoms with Crippen LogP contribution in [0, 0.1) is 17.1 Å². The van der Waals surface area contributed by atoms with Crippen LogP contribution in [0.4, 0.5) is 13.2 Å². The van der Waals surface area contributed by atoms with Crippen LogP contribution in [0.15, 0.2) is 6.20 Å². The zero-order valence-electron chi connectivity index (χ0n) is 8.71. The molecule has 1 rings (SSSR count). The van der Waals surface area contributed by atoms with Crippen LogP contribution in [0.5, 0.6) is 0 Å². The minimum atomic E-state index is -3.08. The second-order valence-corrected chi connectivity index (χ2v) is 2.88. The van der Waals surface area contributed by atoms with Gasteiger partial charge in [-0.3, -0.25) is 0 Å². The van der Waals surface area contributed by atoms with Gasteiger partial charge in [0.05, 0.1) is 12.2 Å². The fourth-order valence-electron chi connectivity index (χ4n) is 1.15. The van der Waals surface area contributed by atoms with Gasteiger partial charge in [-0.15, -0.1) is 0 Å². The van der Waals surface area contributed by atoms with Crippen LogP contribution in [-0.4, -0.2) is 17.6 Å². The van der Waals surface area contributed by atoms with Gasteiger partial charge in [-0.25, -0.2) is 22.9 Å². The molecule has 1 heterocycles. The number of esters is 1. The van der Waals surface area contributed by atoms with Crippen molar-refractivity contribution in [2.24, 2.45) is 0 Å². The van der Waals surface area contributed by atoms with Gasteiger partial charge in [0.25, 0.3) is 6.43 Å². The molecule has 0 aliphatic heterocycles. The topological polar surface area (TPSA) is 63.0 Å². The molecule has 0 aliphatic carbocycles. The molecular formula is C10H7F3N2O2. The number of carbonyl (C=O) groups excluding carboxylic acids is 1. The van der Waals surface area contributed by atoms with Gasteiger partial charge in [-0.2, -0.15) is 5.26 Å². The zero-order valence-corrected chi connectivity index (χ0v) is 8.71. The molecule has 7 heteroatoms. The van der Waals surface area contributed by atoms with Crippen LogP contribution in [-0.2, 0) is 4.74 Å². The van der Waals surface area contributed by atoms with Gasteiger partial charge in [0.15, 0.2) is 11.5 Å². The van der Waals surface area contributed by atoms with Gasteiger partial charge < -0.3 is 4.74 Å². The minimum absolute atomic E-state index is 0.0921. The first kappa shape index (κ1) is 13.0. The Bertz CT molecular complexity index is 483. The molecule has 0 unspecified atom stereocenters. The van der Waals surface area contributed by atoms with Crippen molar-refractivity contribution in [2.75, 3.05) is 6.61 Å². The first-order valence-corrected chi connectivity index (χ1v) is 4.56. The van der Waals surface area contributed by atoms with E-state index in [1.807, 2.05) is 0 Å². The third-order valence-corrected chi connectivity index (χ3v) is 1.87. The van der Waals surface area contributed by atoms with Gasteiger partial charge in [0.2, 0.25) is 0 Å². The molecule has 0 spiro atoms. The van der Waals surface area contributed by atoms with Crippen LogP contribution < -0.4 is 0 Å². The Hall–Kier alpha value is -2.10. The molecule has 17 heavy (non-hydrogen) atoms. The predicted molar refractivity (Wildman–Crippen MR) is 49.8 cm³/mol. The van der Waals surface area contributed by atoms with E-state index in [0.29, 0.717) is 6.20 Å². The summed E-state index contributed by atoms with van der Waals surface area (Å²) in [6, 6.07) is 1.36. The predicted octanol–water partition coefficient (Wildman–Crippen LogP) is 2.21. The second kappa shape index (κ2) is 5.30. The highest BCUT2D eigenvalue weighted by molar-refractivity contribution is 5.91. The third kappa shape index (κ3) is 2.53. The highest BCUT2D eigenvalue weighted by atomic mass is 19.3. The van der Waals surface area contributed by atoms with Crippen LogP contribution in [0.25, 0.3) is 0 Å². The Labute approximate surface area is 94.6 Å². The fraction of sp³-hybridized carbons (Fsp3) is 0.300. The number of hydrogen-bond acceptors (Lipinski definition) is 4. The Kier molecular flexibility index (Phi) is 4.04. The van der Waals surface area contributed by atoms with E-state index < -0.39 is 35.0 Å². The SMILES string of the molecule is CCOC(=O)c1c(C(F)F)cnc(C#N)c1F. The van der Waals surface area contributed by atoms with Gasteiger partial charge in [-0.1, -0.05) is 0 Å². The Morgan fingerprint density at radius 2 is 2.29 bits per heavy atom. The van der Waals surface area contributed by atoms with Gasteiger partial charge in [0.1, 0.15) is 11.6 Å². The molecule has 0 fully saturated rings. The van der Waals surface area contributed by atoms with Gasteiger partial charge >= 0.3 is 5.97 Å². The minimum Gasteiger partial charge on any atom is -0.462 e. The van der Waals surface area contributed by atoms with Gasteiger partial charge in [0, 0.05) is 6.20 Å².